The molecular weight excluding hydrogens is 348 g/mol. The third-order valence-corrected chi connectivity index (χ3v) is 5.59. The number of nitrogens with zero attached hydrogens (tertiary/aromatic N) is 1. The smallest absolute Gasteiger partial charge is 0.263 e. The predicted octanol–water partition coefficient (Wildman–Crippen LogP) is 5.32. The van der Waals surface area contributed by atoms with Gasteiger partial charge in [-0.2, -0.15) is 11.3 Å². The molecule has 1 amide bonds. The topological polar surface area (TPSA) is 42.0 Å². The second-order valence-electron chi connectivity index (χ2n) is 5.20. The summed E-state index contributed by atoms with van der Waals surface area (Å²) in [6.07, 6.45) is 0. The van der Waals surface area contributed by atoms with Gasteiger partial charge in [-0.3, -0.25) is 4.79 Å². The molecule has 0 aliphatic rings. The van der Waals surface area contributed by atoms with Gasteiger partial charge in [0.1, 0.15) is 9.88 Å². The van der Waals surface area contributed by atoms with Crippen LogP contribution in [0.15, 0.2) is 41.1 Å². The second kappa shape index (κ2) is 6.83. The fourth-order valence-corrected chi connectivity index (χ4v) is 4.12. The molecule has 1 atom stereocenters. The molecule has 3 rings (SSSR count). The maximum absolute atomic E-state index is 12.5. The van der Waals surface area contributed by atoms with Crippen molar-refractivity contribution in [1.29, 1.82) is 0 Å². The van der Waals surface area contributed by atoms with Crippen molar-refractivity contribution in [3.05, 3.63) is 62.2 Å². The predicted molar refractivity (Wildman–Crippen MR) is 97.5 cm³/mol. The van der Waals surface area contributed by atoms with Gasteiger partial charge in [0.25, 0.3) is 5.91 Å². The summed E-state index contributed by atoms with van der Waals surface area (Å²) in [5.74, 6) is -0.103. The van der Waals surface area contributed by atoms with Crippen molar-refractivity contribution in [2.45, 2.75) is 19.9 Å². The minimum absolute atomic E-state index is 0.103. The average Bonchev–Trinajstić information content (AvgIpc) is 3.16. The summed E-state index contributed by atoms with van der Waals surface area (Å²) in [5.41, 5.74) is 2.79. The summed E-state index contributed by atoms with van der Waals surface area (Å²) < 4.78 is 0. The molecule has 3 nitrogen and oxygen atoms in total. The molecule has 0 fully saturated rings. The molecule has 23 heavy (non-hydrogen) atoms. The van der Waals surface area contributed by atoms with Gasteiger partial charge >= 0.3 is 0 Å². The van der Waals surface area contributed by atoms with Crippen LogP contribution in [0, 0.1) is 6.92 Å². The highest BCUT2D eigenvalue weighted by atomic mass is 35.5. The normalized spacial score (nSPS) is 12.1. The monoisotopic (exact) mass is 362 g/mol. The summed E-state index contributed by atoms with van der Waals surface area (Å²) in [6, 6.07) is 9.41. The quantitative estimate of drug-likeness (QED) is 0.682. The maximum Gasteiger partial charge on any atom is 0.263 e. The zero-order valence-electron chi connectivity index (χ0n) is 12.7. The van der Waals surface area contributed by atoms with Crippen LogP contribution < -0.4 is 5.32 Å². The van der Waals surface area contributed by atoms with Crippen molar-refractivity contribution < 1.29 is 4.79 Å². The van der Waals surface area contributed by atoms with E-state index < -0.39 is 0 Å². The Morgan fingerprint density at radius 2 is 2.17 bits per heavy atom. The molecule has 1 N–H and O–H groups in total. The number of benzene rings is 1. The van der Waals surface area contributed by atoms with Gasteiger partial charge in [-0.15, -0.1) is 11.3 Å². The van der Waals surface area contributed by atoms with Crippen molar-refractivity contribution in [3.63, 3.8) is 0 Å². The van der Waals surface area contributed by atoms with Crippen LogP contribution in [0.1, 0.15) is 33.9 Å². The Labute approximate surface area is 148 Å². The molecule has 1 aromatic carbocycles. The minimum Gasteiger partial charge on any atom is -0.345 e. The van der Waals surface area contributed by atoms with Crippen LogP contribution in [-0.4, -0.2) is 10.9 Å². The molecule has 0 aliphatic heterocycles. The Morgan fingerprint density at radius 3 is 2.87 bits per heavy atom. The highest BCUT2D eigenvalue weighted by Crippen LogP contribution is 2.29. The first kappa shape index (κ1) is 16.2. The van der Waals surface area contributed by atoms with Gasteiger partial charge in [0, 0.05) is 16.0 Å². The van der Waals surface area contributed by atoms with E-state index in [2.05, 4.69) is 10.3 Å². The number of thiophene rings is 1. The number of aryl methyl sites for hydroxylation is 1. The number of thiazole rings is 1. The number of hydrogen-bond acceptors (Lipinski definition) is 4. The number of rotatable bonds is 4. The number of amides is 1. The van der Waals surface area contributed by atoms with E-state index >= 15 is 0 Å². The number of aromatic nitrogens is 1. The van der Waals surface area contributed by atoms with Gasteiger partial charge in [0.15, 0.2) is 0 Å². The lowest BCUT2D eigenvalue weighted by atomic mass is 10.1. The molecule has 1 unspecified atom stereocenters. The van der Waals surface area contributed by atoms with Crippen molar-refractivity contribution in [1.82, 2.24) is 10.3 Å². The lowest BCUT2D eigenvalue weighted by Gasteiger charge is -2.14. The first-order valence-corrected chi connectivity index (χ1v) is 9.24. The molecule has 2 aromatic heterocycles. The third-order valence-electron chi connectivity index (χ3n) is 3.47. The molecule has 0 saturated heterocycles. The Morgan fingerprint density at radius 1 is 1.35 bits per heavy atom. The van der Waals surface area contributed by atoms with Crippen LogP contribution >= 0.6 is 34.3 Å². The number of halogens is 1. The van der Waals surface area contributed by atoms with Crippen molar-refractivity contribution in [3.8, 4) is 10.6 Å². The number of hydrogen-bond donors (Lipinski definition) is 1. The van der Waals surface area contributed by atoms with Crippen molar-refractivity contribution >= 4 is 40.2 Å². The number of carbonyl (C=O) groups excluding carboxylic acids is 1. The summed E-state index contributed by atoms with van der Waals surface area (Å²) in [5, 5.41) is 8.60. The van der Waals surface area contributed by atoms with E-state index in [9.17, 15) is 4.79 Å². The van der Waals surface area contributed by atoms with E-state index in [1.807, 2.05) is 54.9 Å². The molecule has 0 spiro atoms. The van der Waals surface area contributed by atoms with Crippen LogP contribution in [0.3, 0.4) is 0 Å². The van der Waals surface area contributed by atoms with Crippen LogP contribution in [-0.2, 0) is 0 Å². The molecule has 6 heteroatoms. The Balaban J connectivity index is 1.78. The van der Waals surface area contributed by atoms with Crippen LogP contribution in [0.4, 0.5) is 0 Å². The van der Waals surface area contributed by atoms with Crippen LogP contribution in [0.2, 0.25) is 5.02 Å². The minimum atomic E-state index is -0.118. The second-order valence-corrected chi connectivity index (χ2v) is 7.41. The standard InChI is InChI=1S/C17H15ClN2OS2/c1-10(12-4-3-5-14(18)8-12)19-16(21)15-11(2)20-17(23-15)13-6-7-22-9-13/h3-10H,1-2H3,(H,19,21). The molecule has 118 valence electrons. The Hall–Kier alpha value is -1.69. The fraction of sp³-hybridized carbons (Fsp3) is 0.176. The lowest BCUT2D eigenvalue weighted by Crippen LogP contribution is -2.26. The van der Waals surface area contributed by atoms with Crippen LogP contribution in [0.5, 0.6) is 0 Å². The van der Waals surface area contributed by atoms with E-state index in [4.69, 9.17) is 11.6 Å². The lowest BCUT2D eigenvalue weighted by molar-refractivity contribution is 0.0943. The third kappa shape index (κ3) is 3.63. The molecule has 2 heterocycles. The molecule has 0 aliphatic carbocycles. The summed E-state index contributed by atoms with van der Waals surface area (Å²) >= 11 is 9.05. The molecule has 3 aromatic rings. The zero-order chi connectivity index (χ0) is 16.4. The van der Waals surface area contributed by atoms with Crippen LogP contribution in [0.25, 0.3) is 10.6 Å². The largest absolute Gasteiger partial charge is 0.345 e. The van der Waals surface area contributed by atoms with Crippen molar-refractivity contribution in [2.24, 2.45) is 0 Å². The summed E-state index contributed by atoms with van der Waals surface area (Å²) in [4.78, 5) is 17.7. The van der Waals surface area contributed by atoms with E-state index in [0.717, 1.165) is 21.8 Å². The van der Waals surface area contributed by atoms with Gasteiger partial charge < -0.3 is 5.32 Å². The van der Waals surface area contributed by atoms with Gasteiger partial charge in [-0.25, -0.2) is 4.98 Å². The number of nitrogens with one attached hydrogen (secondary N) is 1. The van der Waals surface area contributed by atoms with Crippen molar-refractivity contribution in [2.75, 3.05) is 0 Å². The summed E-state index contributed by atoms with van der Waals surface area (Å²) in [6.45, 7) is 3.81. The van der Waals surface area contributed by atoms with Gasteiger partial charge in [0.2, 0.25) is 0 Å². The molecule has 0 saturated carbocycles. The first-order valence-electron chi connectivity index (χ1n) is 7.11. The first-order chi connectivity index (χ1) is 11.0. The van der Waals surface area contributed by atoms with Gasteiger partial charge in [-0.05, 0) is 43.0 Å². The fourth-order valence-electron chi connectivity index (χ4n) is 2.24. The van der Waals surface area contributed by atoms with Gasteiger partial charge in [-0.1, -0.05) is 23.7 Å². The highest BCUT2D eigenvalue weighted by molar-refractivity contribution is 7.17. The highest BCUT2D eigenvalue weighted by Gasteiger charge is 2.18. The van der Waals surface area contributed by atoms with E-state index in [0.29, 0.717) is 9.90 Å². The Bertz CT molecular complexity index is 827. The maximum atomic E-state index is 12.5. The molecule has 0 radical (unpaired) electrons. The average molecular weight is 363 g/mol. The molecule has 0 bridgehead atoms. The molecular formula is C17H15ClN2OS2. The SMILES string of the molecule is Cc1nc(-c2ccsc2)sc1C(=O)NC(C)c1cccc(Cl)c1. The Kier molecular flexibility index (Phi) is 4.80. The number of carbonyl (C=O) groups is 1. The summed E-state index contributed by atoms with van der Waals surface area (Å²) in [7, 11) is 0. The van der Waals surface area contributed by atoms with E-state index in [-0.39, 0.29) is 11.9 Å². The van der Waals surface area contributed by atoms with Gasteiger partial charge in [0.05, 0.1) is 11.7 Å². The van der Waals surface area contributed by atoms with E-state index in [1.54, 1.807) is 11.3 Å². The zero-order valence-corrected chi connectivity index (χ0v) is 15.1. The van der Waals surface area contributed by atoms with E-state index in [1.165, 1.54) is 11.3 Å².